The van der Waals surface area contributed by atoms with Gasteiger partial charge in [-0.05, 0) is 29.9 Å². The summed E-state index contributed by atoms with van der Waals surface area (Å²) in [5.74, 6) is -0.635. The molecule has 1 amide bonds. The second-order valence-electron chi connectivity index (χ2n) is 9.47. The molecule has 0 atom stereocenters. The molecule has 0 bridgehead atoms. The minimum atomic E-state index is -1.10. The third kappa shape index (κ3) is 5.37. The maximum absolute atomic E-state index is 13.3. The largest absolute Gasteiger partial charge is 0.507 e. The summed E-state index contributed by atoms with van der Waals surface area (Å²) in [5.41, 5.74) is 1.54. The lowest BCUT2D eigenvalue weighted by molar-refractivity contribution is -0.137. The number of carboxylic acid groups (broad SMARTS) is 1. The molecular weight excluding hydrogens is 370 g/mol. The molecule has 2 aromatic rings. The van der Waals surface area contributed by atoms with Crippen molar-refractivity contribution >= 4 is 11.9 Å². The minimum absolute atomic E-state index is 0.0998. The molecule has 7 heteroatoms. The van der Waals surface area contributed by atoms with E-state index in [9.17, 15) is 19.8 Å². The summed E-state index contributed by atoms with van der Waals surface area (Å²) in [7, 11) is 0. The van der Waals surface area contributed by atoms with Crippen molar-refractivity contribution in [1.29, 1.82) is 0 Å². The van der Waals surface area contributed by atoms with Crippen molar-refractivity contribution < 1.29 is 19.8 Å². The number of hydrogen-bond acceptors (Lipinski definition) is 4. The van der Waals surface area contributed by atoms with Crippen molar-refractivity contribution in [3.63, 3.8) is 0 Å². The number of carbonyl (C=O) groups is 2. The van der Waals surface area contributed by atoms with Crippen molar-refractivity contribution in [1.82, 2.24) is 14.9 Å². The highest BCUT2D eigenvalue weighted by atomic mass is 16.4. The van der Waals surface area contributed by atoms with E-state index >= 15 is 0 Å². The molecule has 0 saturated heterocycles. The van der Waals surface area contributed by atoms with Gasteiger partial charge in [0.15, 0.2) is 0 Å². The van der Waals surface area contributed by atoms with Gasteiger partial charge in [-0.3, -0.25) is 9.59 Å². The molecule has 2 rings (SSSR count). The van der Waals surface area contributed by atoms with Crippen molar-refractivity contribution in [2.45, 2.75) is 65.8 Å². The highest BCUT2D eigenvalue weighted by Crippen LogP contribution is 2.40. The quantitative estimate of drug-likeness (QED) is 0.707. The number of H-pyrrole nitrogens is 1. The van der Waals surface area contributed by atoms with Gasteiger partial charge in [0.2, 0.25) is 0 Å². The Morgan fingerprint density at radius 2 is 1.59 bits per heavy atom. The smallest absolute Gasteiger partial charge is 0.323 e. The van der Waals surface area contributed by atoms with Crippen LogP contribution in [0.4, 0.5) is 0 Å². The predicted molar refractivity (Wildman–Crippen MR) is 111 cm³/mol. The lowest BCUT2D eigenvalue weighted by Crippen LogP contribution is -2.35. The van der Waals surface area contributed by atoms with Gasteiger partial charge in [-0.2, -0.15) is 0 Å². The fourth-order valence-corrected chi connectivity index (χ4v) is 3.20. The van der Waals surface area contributed by atoms with Crippen molar-refractivity contribution in [2.75, 3.05) is 6.54 Å². The summed E-state index contributed by atoms with van der Waals surface area (Å²) in [6.45, 7) is 13.2. The van der Waals surface area contributed by atoms with Crippen LogP contribution in [0.15, 0.2) is 18.3 Å². The number of nitrogens with zero attached hydrogens (tertiary/aromatic N) is 2. The van der Waals surface area contributed by atoms with Crippen LogP contribution in [0.1, 0.15) is 74.5 Å². The van der Waals surface area contributed by atoms with E-state index in [0.717, 1.165) is 0 Å². The zero-order chi connectivity index (χ0) is 22.1. The third-order valence-corrected chi connectivity index (χ3v) is 4.70. The average molecular weight is 402 g/mol. The summed E-state index contributed by atoms with van der Waals surface area (Å²) in [5, 5.41) is 20.2. The molecule has 1 heterocycles. The number of carboxylic acids is 1. The summed E-state index contributed by atoms with van der Waals surface area (Å²) >= 11 is 0. The topological polar surface area (TPSA) is 107 Å². The molecule has 0 aliphatic heterocycles. The van der Waals surface area contributed by atoms with Crippen molar-refractivity contribution in [2.24, 2.45) is 0 Å². The second kappa shape index (κ2) is 7.89. The summed E-state index contributed by atoms with van der Waals surface area (Å²) in [6.07, 6.45) is 1.59. The fourth-order valence-electron chi connectivity index (χ4n) is 3.20. The van der Waals surface area contributed by atoms with Crippen LogP contribution in [0.5, 0.6) is 5.75 Å². The van der Waals surface area contributed by atoms with Crippen LogP contribution in [0.3, 0.4) is 0 Å². The number of rotatable bonds is 5. The van der Waals surface area contributed by atoms with E-state index in [1.165, 1.54) is 4.90 Å². The molecule has 1 aromatic carbocycles. The van der Waals surface area contributed by atoms with Gasteiger partial charge in [0.25, 0.3) is 5.91 Å². The molecule has 0 unspecified atom stereocenters. The molecule has 0 aliphatic carbocycles. The number of aromatic amines is 1. The summed E-state index contributed by atoms with van der Waals surface area (Å²) in [4.78, 5) is 33.1. The molecule has 0 saturated carbocycles. The molecular formula is C22H31N3O4. The number of phenolic OH excluding ortho intramolecular Hbond substituents is 1. The van der Waals surface area contributed by atoms with Crippen LogP contribution in [-0.4, -0.2) is 43.5 Å². The monoisotopic (exact) mass is 401 g/mol. The highest BCUT2D eigenvalue weighted by molar-refractivity contribution is 5.96. The number of aryl methyl sites for hydroxylation is 1. The highest BCUT2D eigenvalue weighted by Gasteiger charge is 2.29. The van der Waals surface area contributed by atoms with E-state index in [-0.39, 0.29) is 12.3 Å². The van der Waals surface area contributed by atoms with Gasteiger partial charge in [0.1, 0.15) is 18.1 Å². The van der Waals surface area contributed by atoms with Crippen molar-refractivity contribution in [3.8, 4) is 5.75 Å². The van der Waals surface area contributed by atoms with Gasteiger partial charge in [-0.1, -0.05) is 41.5 Å². The Hall–Kier alpha value is -2.83. The Kier molecular flexibility index (Phi) is 6.11. The van der Waals surface area contributed by atoms with Crippen LogP contribution in [-0.2, 0) is 22.2 Å². The van der Waals surface area contributed by atoms with Crippen LogP contribution in [0.25, 0.3) is 0 Å². The first kappa shape index (κ1) is 22.5. The molecule has 158 valence electrons. The van der Waals surface area contributed by atoms with Crippen LogP contribution >= 0.6 is 0 Å². The number of benzene rings is 1. The lowest BCUT2D eigenvalue weighted by atomic mass is 9.78. The SMILES string of the molecule is Cc1ncc(CN(CC(=O)O)C(=O)c2cc(C(C)(C)C)c(O)c(C(C)(C)C)c2)[nH]1. The first-order valence-corrected chi connectivity index (χ1v) is 9.59. The Bertz CT molecular complexity index is 882. The Labute approximate surface area is 171 Å². The van der Waals surface area contributed by atoms with Gasteiger partial charge in [-0.15, -0.1) is 0 Å². The Morgan fingerprint density at radius 3 is 1.97 bits per heavy atom. The molecule has 0 spiro atoms. The van der Waals surface area contributed by atoms with Gasteiger partial charge >= 0.3 is 5.97 Å². The van der Waals surface area contributed by atoms with E-state index in [4.69, 9.17) is 0 Å². The minimum Gasteiger partial charge on any atom is -0.507 e. The van der Waals surface area contributed by atoms with Gasteiger partial charge < -0.3 is 20.1 Å². The molecule has 1 aromatic heterocycles. The maximum atomic E-state index is 13.3. The van der Waals surface area contributed by atoms with Crippen molar-refractivity contribution in [3.05, 3.63) is 46.5 Å². The van der Waals surface area contributed by atoms with Crippen LogP contribution < -0.4 is 0 Å². The molecule has 0 fully saturated rings. The fraction of sp³-hybridized carbons (Fsp3) is 0.500. The standard InChI is InChI=1S/C22H31N3O4/c1-13-23-10-15(24-13)11-25(12-18(26)27)20(29)14-8-16(21(2,3)4)19(28)17(9-14)22(5,6)7/h8-10,28H,11-12H2,1-7H3,(H,23,24)(H,26,27). The zero-order valence-electron chi connectivity index (χ0n) is 18.3. The first-order valence-electron chi connectivity index (χ1n) is 9.59. The number of carbonyl (C=O) groups excluding carboxylic acids is 1. The Balaban J connectivity index is 2.56. The van der Waals surface area contributed by atoms with Crippen LogP contribution in [0.2, 0.25) is 0 Å². The number of phenols is 1. The number of hydrogen-bond donors (Lipinski definition) is 3. The van der Waals surface area contributed by atoms with Gasteiger partial charge in [0, 0.05) is 16.7 Å². The number of nitrogens with one attached hydrogen (secondary N) is 1. The first-order chi connectivity index (χ1) is 13.2. The van der Waals surface area contributed by atoms with E-state index in [2.05, 4.69) is 9.97 Å². The molecule has 0 radical (unpaired) electrons. The van der Waals surface area contributed by atoms with Gasteiger partial charge in [0.05, 0.1) is 18.4 Å². The zero-order valence-corrected chi connectivity index (χ0v) is 18.3. The van der Waals surface area contributed by atoms with E-state index in [0.29, 0.717) is 28.2 Å². The third-order valence-electron chi connectivity index (χ3n) is 4.70. The molecule has 3 N–H and O–H groups in total. The van der Waals surface area contributed by atoms with E-state index < -0.39 is 29.3 Å². The Morgan fingerprint density at radius 1 is 1.07 bits per heavy atom. The molecule has 7 nitrogen and oxygen atoms in total. The second-order valence-corrected chi connectivity index (χ2v) is 9.47. The number of aromatic hydroxyl groups is 1. The molecule has 0 aliphatic rings. The van der Waals surface area contributed by atoms with Gasteiger partial charge in [-0.25, -0.2) is 4.98 Å². The van der Waals surface area contributed by atoms with E-state index in [1.54, 1.807) is 25.3 Å². The number of imidazole rings is 1. The van der Waals surface area contributed by atoms with E-state index in [1.807, 2.05) is 41.5 Å². The number of aliphatic carboxylic acids is 1. The normalized spacial score (nSPS) is 12.1. The summed E-state index contributed by atoms with van der Waals surface area (Å²) in [6, 6.07) is 3.33. The average Bonchev–Trinajstić information content (AvgIpc) is 2.96. The molecule has 29 heavy (non-hydrogen) atoms. The number of aromatic nitrogens is 2. The number of amides is 1. The van der Waals surface area contributed by atoms with Crippen LogP contribution in [0, 0.1) is 6.92 Å². The predicted octanol–water partition coefficient (Wildman–Crippen LogP) is 3.75. The maximum Gasteiger partial charge on any atom is 0.323 e. The lowest BCUT2D eigenvalue weighted by Gasteiger charge is -2.29. The summed E-state index contributed by atoms with van der Waals surface area (Å²) < 4.78 is 0.